The van der Waals surface area contributed by atoms with E-state index in [2.05, 4.69) is 18.0 Å². The van der Waals surface area contributed by atoms with E-state index >= 15 is 0 Å². The van der Waals surface area contributed by atoms with Crippen molar-refractivity contribution in [2.75, 3.05) is 73.2 Å². The summed E-state index contributed by atoms with van der Waals surface area (Å²) in [5.74, 6) is 0. The van der Waals surface area contributed by atoms with Gasteiger partial charge in [0.2, 0.25) is 10.4 Å². The zero-order valence-electron chi connectivity index (χ0n) is 25.1. The van der Waals surface area contributed by atoms with Crippen LogP contribution in [0.15, 0.2) is 0 Å². The standard InChI is InChI=1S/C26H54O9S.2Na/c1-4-6-8-9-10-13-18-32-23-26(24-33-20-19-30-3,25-34-21-22-35-36(27,28)29)15-12-11-14-17-31-16-7-5-2;;/h4-25H2,1-3H3,(H,27,28,29);;/q;2*+1/p-1/t26-;;/m0../s1. The Bertz CT molecular complexity index is 549. The molecule has 0 heterocycles. The fourth-order valence-electron chi connectivity index (χ4n) is 3.76. The average Bonchev–Trinajstić information content (AvgIpc) is 2.84. The van der Waals surface area contributed by atoms with E-state index in [1.807, 2.05) is 0 Å². The zero-order chi connectivity index (χ0) is 26.8. The Labute approximate surface area is 277 Å². The van der Waals surface area contributed by atoms with Crippen LogP contribution in [0.4, 0.5) is 0 Å². The minimum atomic E-state index is -4.72. The van der Waals surface area contributed by atoms with E-state index in [1.54, 1.807) is 7.11 Å². The molecule has 0 rings (SSSR count). The van der Waals surface area contributed by atoms with Gasteiger partial charge in [0, 0.05) is 32.3 Å². The Hall–Kier alpha value is 1.67. The van der Waals surface area contributed by atoms with E-state index in [-0.39, 0.29) is 77.7 Å². The molecular weight excluding hydrogens is 534 g/mol. The molecule has 0 N–H and O–H groups in total. The molecule has 0 aliphatic rings. The number of methoxy groups -OCH3 is 1. The molecular formula is C26H53Na2O9S+. The Morgan fingerprint density at radius 3 is 1.63 bits per heavy atom. The third kappa shape index (κ3) is 30.6. The van der Waals surface area contributed by atoms with Crippen molar-refractivity contribution in [1.29, 1.82) is 0 Å². The predicted molar refractivity (Wildman–Crippen MR) is 140 cm³/mol. The average molecular weight is 588 g/mol. The Morgan fingerprint density at radius 1 is 0.579 bits per heavy atom. The molecule has 0 saturated heterocycles. The van der Waals surface area contributed by atoms with Crippen LogP contribution in [0.1, 0.15) is 90.9 Å². The van der Waals surface area contributed by atoms with E-state index in [4.69, 9.17) is 23.7 Å². The van der Waals surface area contributed by atoms with Gasteiger partial charge in [0.05, 0.1) is 46.2 Å². The maximum Gasteiger partial charge on any atom is 1.00 e. The van der Waals surface area contributed by atoms with E-state index in [9.17, 15) is 13.0 Å². The molecule has 0 aromatic rings. The van der Waals surface area contributed by atoms with E-state index in [1.165, 1.54) is 25.7 Å². The van der Waals surface area contributed by atoms with Gasteiger partial charge < -0.3 is 28.2 Å². The van der Waals surface area contributed by atoms with Crippen LogP contribution >= 0.6 is 0 Å². The van der Waals surface area contributed by atoms with E-state index < -0.39 is 10.4 Å². The molecule has 0 spiro atoms. The molecule has 0 fully saturated rings. The third-order valence-corrected chi connectivity index (χ3v) is 6.35. The van der Waals surface area contributed by atoms with Gasteiger partial charge in [0.25, 0.3) is 0 Å². The molecule has 1 atom stereocenters. The molecule has 0 aromatic heterocycles. The summed E-state index contributed by atoms with van der Waals surface area (Å²) in [6.07, 6.45) is 13.3. The van der Waals surface area contributed by atoms with Crippen LogP contribution in [0.5, 0.6) is 0 Å². The van der Waals surface area contributed by atoms with Crippen LogP contribution in [0, 0.1) is 5.41 Å². The van der Waals surface area contributed by atoms with Gasteiger partial charge in [0.15, 0.2) is 0 Å². The van der Waals surface area contributed by atoms with Gasteiger partial charge >= 0.3 is 59.1 Å². The number of hydrogen-bond acceptors (Lipinski definition) is 9. The monoisotopic (exact) mass is 587 g/mol. The van der Waals surface area contributed by atoms with Gasteiger partial charge in [-0.3, -0.25) is 4.18 Å². The van der Waals surface area contributed by atoms with E-state index in [0.29, 0.717) is 39.6 Å². The van der Waals surface area contributed by atoms with Crippen LogP contribution < -0.4 is 59.1 Å². The molecule has 0 saturated carbocycles. The van der Waals surface area contributed by atoms with Crippen LogP contribution in [0.25, 0.3) is 0 Å². The summed E-state index contributed by atoms with van der Waals surface area (Å²) in [5.41, 5.74) is -0.380. The van der Waals surface area contributed by atoms with Crippen molar-refractivity contribution >= 4 is 10.4 Å². The normalized spacial score (nSPS) is 13.1. The second-order valence-electron chi connectivity index (χ2n) is 9.43. The summed E-state index contributed by atoms with van der Waals surface area (Å²) in [6.45, 7) is 8.56. The second kappa shape index (κ2) is 31.6. The van der Waals surface area contributed by atoms with Crippen LogP contribution in [-0.4, -0.2) is 86.1 Å². The summed E-state index contributed by atoms with van der Waals surface area (Å²) in [6, 6.07) is 0. The molecule has 0 aliphatic heterocycles. The van der Waals surface area contributed by atoms with Gasteiger partial charge in [0.1, 0.15) is 0 Å². The van der Waals surface area contributed by atoms with E-state index in [0.717, 1.165) is 64.6 Å². The molecule has 218 valence electrons. The first-order valence-electron chi connectivity index (χ1n) is 13.8. The van der Waals surface area contributed by atoms with Crippen LogP contribution in [0.2, 0.25) is 0 Å². The minimum absolute atomic E-state index is 0. The molecule has 0 radical (unpaired) electrons. The quantitative estimate of drug-likeness (QED) is 0.0466. The fraction of sp³-hybridized carbons (Fsp3) is 1.00. The van der Waals surface area contributed by atoms with Gasteiger partial charge in [-0.1, -0.05) is 65.2 Å². The van der Waals surface area contributed by atoms with Crippen LogP contribution in [-0.2, 0) is 38.3 Å². The number of rotatable bonds is 29. The number of ether oxygens (including phenoxy) is 5. The van der Waals surface area contributed by atoms with Crippen molar-refractivity contribution in [3.63, 3.8) is 0 Å². The molecule has 0 unspecified atom stereocenters. The molecule has 0 amide bonds. The maximum atomic E-state index is 10.7. The summed E-state index contributed by atoms with van der Waals surface area (Å²) in [4.78, 5) is 0. The zero-order valence-corrected chi connectivity index (χ0v) is 30.0. The van der Waals surface area contributed by atoms with Gasteiger partial charge in [-0.05, 0) is 25.7 Å². The molecule has 38 heavy (non-hydrogen) atoms. The fourth-order valence-corrected chi connectivity index (χ4v) is 4.03. The first-order chi connectivity index (χ1) is 17.4. The van der Waals surface area contributed by atoms with Crippen molar-refractivity contribution in [3.05, 3.63) is 0 Å². The summed E-state index contributed by atoms with van der Waals surface area (Å²) >= 11 is 0. The molecule has 0 aromatic carbocycles. The third-order valence-electron chi connectivity index (χ3n) is 5.89. The van der Waals surface area contributed by atoms with Crippen molar-refractivity contribution in [2.45, 2.75) is 90.9 Å². The molecule has 9 nitrogen and oxygen atoms in total. The van der Waals surface area contributed by atoms with Crippen molar-refractivity contribution in [2.24, 2.45) is 5.41 Å². The number of unbranched alkanes of at least 4 members (excludes halogenated alkanes) is 8. The smallest absolute Gasteiger partial charge is 0.726 e. The second-order valence-corrected chi connectivity index (χ2v) is 10.5. The SMILES string of the molecule is CCCCCCCCOC[C@@](CCCCCOCCCC)(COCCOC)COCCOS(=O)(=O)[O-].[Na+].[Na+]. The maximum absolute atomic E-state index is 10.7. The first-order valence-corrected chi connectivity index (χ1v) is 15.1. The Morgan fingerprint density at radius 2 is 1.05 bits per heavy atom. The largest absolute Gasteiger partial charge is 1.00 e. The topological polar surface area (TPSA) is 113 Å². The first kappa shape index (κ1) is 44.1. The minimum Gasteiger partial charge on any atom is -0.726 e. The summed E-state index contributed by atoms with van der Waals surface area (Å²) < 4.78 is 64.8. The summed E-state index contributed by atoms with van der Waals surface area (Å²) in [7, 11) is -3.09. The van der Waals surface area contributed by atoms with Gasteiger partial charge in [-0.25, -0.2) is 8.42 Å². The summed E-state index contributed by atoms with van der Waals surface area (Å²) in [5, 5.41) is 0. The van der Waals surface area contributed by atoms with Crippen molar-refractivity contribution in [3.8, 4) is 0 Å². The number of hydrogen-bond donors (Lipinski definition) is 0. The van der Waals surface area contributed by atoms with Crippen molar-refractivity contribution in [1.82, 2.24) is 0 Å². The molecule has 0 aliphatic carbocycles. The van der Waals surface area contributed by atoms with Crippen molar-refractivity contribution < 1.29 is 100.0 Å². The molecule has 0 bridgehead atoms. The Kier molecular flexibility index (Phi) is 36.7. The molecule has 12 heteroatoms. The van der Waals surface area contributed by atoms with Gasteiger partial charge in [-0.2, -0.15) is 0 Å². The Balaban J connectivity index is -0.00000612. The van der Waals surface area contributed by atoms with Crippen LogP contribution in [0.3, 0.4) is 0 Å². The van der Waals surface area contributed by atoms with Gasteiger partial charge in [-0.15, -0.1) is 0 Å². The predicted octanol–water partition coefficient (Wildman–Crippen LogP) is -1.11.